The lowest BCUT2D eigenvalue weighted by Gasteiger charge is -2.41. The molecule has 4 heteroatoms. The van der Waals surface area contributed by atoms with Crippen LogP contribution < -0.4 is 4.90 Å². The zero-order chi connectivity index (χ0) is 15.6. The highest BCUT2D eigenvalue weighted by Gasteiger charge is 2.34. The van der Waals surface area contributed by atoms with Crippen LogP contribution in [0.25, 0.3) is 0 Å². The van der Waals surface area contributed by atoms with Crippen LogP contribution in [0.1, 0.15) is 55.3 Å². The molecule has 1 aliphatic carbocycles. The Morgan fingerprint density at radius 3 is 2.61 bits per heavy atom. The molecule has 1 amide bonds. The number of carbonyl (C=O) groups is 1. The van der Waals surface area contributed by atoms with Gasteiger partial charge in [0, 0.05) is 32.4 Å². The second-order valence-corrected chi connectivity index (χ2v) is 7.41. The van der Waals surface area contributed by atoms with E-state index in [4.69, 9.17) is 0 Å². The van der Waals surface area contributed by atoms with Crippen molar-refractivity contribution in [2.75, 3.05) is 31.1 Å². The lowest BCUT2D eigenvalue weighted by molar-refractivity contribution is 0.0521. The summed E-state index contributed by atoms with van der Waals surface area (Å²) in [5.41, 5.74) is 0.809. The molecule has 124 valence electrons. The fourth-order valence-corrected chi connectivity index (χ4v) is 4.70. The van der Waals surface area contributed by atoms with Gasteiger partial charge >= 0.3 is 0 Å². The standard InChI is InChI=1S/C19H27N3O/c23-19(22-13-9-15-6-1-2-7-16(15)14-22)17-8-5-10-20-18(17)21-11-3-4-12-21/h5,8,10,15-16H,1-4,6-7,9,11-14H2/t15-,16+/m0/s1. The highest BCUT2D eigenvalue weighted by molar-refractivity contribution is 5.99. The number of nitrogens with zero attached hydrogens (tertiary/aromatic N) is 3. The minimum Gasteiger partial charge on any atom is -0.356 e. The summed E-state index contributed by atoms with van der Waals surface area (Å²) in [6, 6.07) is 3.87. The molecule has 3 heterocycles. The number of hydrogen-bond donors (Lipinski definition) is 0. The topological polar surface area (TPSA) is 36.4 Å². The van der Waals surface area contributed by atoms with Crippen molar-refractivity contribution in [3.8, 4) is 0 Å². The van der Waals surface area contributed by atoms with Crippen LogP contribution in [-0.2, 0) is 0 Å². The molecule has 0 N–H and O–H groups in total. The molecule has 3 fully saturated rings. The molecule has 1 saturated carbocycles. The number of pyridine rings is 1. The molecule has 0 bridgehead atoms. The maximum absolute atomic E-state index is 13.1. The first-order valence-electron chi connectivity index (χ1n) is 9.32. The van der Waals surface area contributed by atoms with Gasteiger partial charge in [-0.15, -0.1) is 0 Å². The summed E-state index contributed by atoms with van der Waals surface area (Å²) in [4.78, 5) is 22.0. The summed E-state index contributed by atoms with van der Waals surface area (Å²) in [6.45, 7) is 3.94. The van der Waals surface area contributed by atoms with Crippen LogP contribution in [0.2, 0.25) is 0 Å². The number of likely N-dealkylation sites (tertiary alicyclic amines) is 1. The van der Waals surface area contributed by atoms with Crippen LogP contribution in [0, 0.1) is 11.8 Å². The van der Waals surface area contributed by atoms with E-state index in [0.717, 1.165) is 49.4 Å². The molecule has 2 saturated heterocycles. The van der Waals surface area contributed by atoms with E-state index in [0.29, 0.717) is 0 Å². The molecule has 3 aliphatic rings. The van der Waals surface area contributed by atoms with Gasteiger partial charge in [0.2, 0.25) is 0 Å². The summed E-state index contributed by atoms with van der Waals surface area (Å²) in [5.74, 6) is 2.69. The maximum atomic E-state index is 13.1. The molecule has 4 nitrogen and oxygen atoms in total. The summed E-state index contributed by atoms with van der Waals surface area (Å²) in [5, 5.41) is 0. The van der Waals surface area contributed by atoms with Gasteiger partial charge in [0.05, 0.1) is 5.56 Å². The maximum Gasteiger partial charge on any atom is 0.257 e. The van der Waals surface area contributed by atoms with Crippen molar-refractivity contribution in [2.24, 2.45) is 11.8 Å². The van der Waals surface area contributed by atoms with E-state index in [-0.39, 0.29) is 5.91 Å². The Balaban J connectivity index is 1.52. The minimum atomic E-state index is 0.198. The first-order valence-corrected chi connectivity index (χ1v) is 9.32. The Bertz CT molecular complexity index is 567. The molecule has 1 aromatic heterocycles. The van der Waals surface area contributed by atoms with Crippen LogP contribution in [0.4, 0.5) is 5.82 Å². The summed E-state index contributed by atoms with van der Waals surface area (Å²) >= 11 is 0. The van der Waals surface area contributed by atoms with Crippen molar-refractivity contribution in [3.63, 3.8) is 0 Å². The van der Waals surface area contributed by atoms with Gasteiger partial charge in [-0.25, -0.2) is 4.98 Å². The number of carbonyl (C=O) groups excluding carboxylic acids is 1. The molecular formula is C19H27N3O. The second kappa shape index (κ2) is 6.50. The van der Waals surface area contributed by atoms with Gasteiger partial charge in [-0.1, -0.05) is 19.3 Å². The Labute approximate surface area is 138 Å². The van der Waals surface area contributed by atoms with Crippen molar-refractivity contribution in [3.05, 3.63) is 23.9 Å². The number of aromatic nitrogens is 1. The zero-order valence-corrected chi connectivity index (χ0v) is 13.9. The van der Waals surface area contributed by atoms with Crippen molar-refractivity contribution >= 4 is 11.7 Å². The number of amides is 1. The molecule has 4 rings (SSSR count). The largest absolute Gasteiger partial charge is 0.356 e. The fraction of sp³-hybridized carbons (Fsp3) is 0.684. The van der Waals surface area contributed by atoms with Gasteiger partial charge in [-0.05, 0) is 49.7 Å². The number of rotatable bonds is 2. The zero-order valence-electron chi connectivity index (χ0n) is 13.9. The first kappa shape index (κ1) is 15.0. The number of fused-ring (bicyclic) bond motifs is 1. The van der Waals surface area contributed by atoms with Crippen LogP contribution in [0.3, 0.4) is 0 Å². The Morgan fingerprint density at radius 2 is 1.78 bits per heavy atom. The summed E-state index contributed by atoms with van der Waals surface area (Å²) < 4.78 is 0. The molecule has 0 aromatic carbocycles. The Morgan fingerprint density at radius 1 is 1.00 bits per heavy atom. The fourth-order valence-electron chi connectivity index (χ4n) is 4.70. The normalized spacial score (nSPS) is 27.8. The van der Waals surface area contributed by atoms with E-state index in [1.807, 2.05) is 18.3 Å². The van der Waals surface area contributed by atoms with E-state index < -0.39 is 0 Å². The summed E-state index contributed by atoms with van der Waals surface area (Å²) in [6.07, 6.45) is 10.8. The Hall–Kier alpha value is -1.58. The van der Waals surface area contributed by atoms with Crippen LogP contribution >= 0.6 is 0 Å². The molecule has 0 radical (unpaired) electrons. The molecular weight excluding hydrogens is 286 g/mol. The number of hydrogen-bond acceptors (Lipinski definition) is 3. The van der Waals surface area contributed by atoms with Gasteiger partial charge in [0.25, 0.3) is 5.91 Å². The minimum absolute atomic E-state index is 0.198. The van der Waals surface area contributed by atoms with E-state index in [1.165, 1.54) is 44.9 Å². The lowest BCUT2D eigenvalue weighted by Crippen LogP contribution is -2.45. The van der Waals surface area contributed by atoms with Crippen molar-refractivity contribution in [1.82, 2.24) is 9.88 Å². The molecule has 2 atom stereocenters. The predicted octanol–water partition coefficient (Wildman–Crippen LogP) is 3.33. The van der Waals surface area contributed by atoms with Crippen LogP contribution in [-0.4, -0.2) is 42.0 Å². The third kappa shape index (κ3) is 2.96. The predicted molar refractivity (Wildman–Crippen MR) is 91.7 cm³/mol. The van der Waals surface area contributed by atoms with Gasteiger partial charge in [0.15, 0.2) is 0 Å². The molecule has 2 aliphatic heterocycles. The molecule has 1 aromatic rings. The van der Waals surface area contributed by atoms with Crippen LogP contribution in [0.5, 0.6) is 0 Å². The van der Waals surface area contributed by atoms with Gasteiger partial charge < -0.3 is 9.80 Å². The smallest absolute Gasteiger partial charge is 0.257 e. The Kier molecular flexibility index (Phi) is 4.23. The van der Waals surface area contributed by atoms with Crippen molar-refractivity contribution in [1.29, 1.82) is 0 Å². The molecule has 0 spiro atoms. The highest BCUT2D eigenvalue weighted by Crippen LogP contribution is 2.36. The third-order valence-corrected chi connectivity index (χ3v) is 6.00. The quantitative estimate of drug-likeness (QED) is 0.840. The van der Waals surface area contributed by atoms with E-state index >= 15 is 0 Å². The van der Waals surface area contributed by atoms with Crippen molar-refractivity contribution in [2.45, 2.75) is 44.9 Å². The van der Waals surface area contributed by atoms with E-state index in [2.05, 4.69) is 14.8 Å². The first-order chi connectivity index (χ1) is 11.3. The monoisotopic (exact) mass is 313 g/mol. The van der Waals surface area contributed by atoms with E-state index in [9.17, 15) is 4.79 Å². The summed E-state index contributed by atoms with van der Waals surface area (Å²) in [7, 11) is 0. The van der Waals surface area contributed by atoms with Gasteiger partial charge in [0.1, 0.15) is 5.82 Å². The van der Waals surface area contributed by atoms with Gasteiger partial charge in [-0.3, -0.25) is 4.79 Å². The van der Waals surface area contributed by atoms with E-state index in [1.54, 1.807) is 0 Å². The SMILES string of the molecule is O=C(c1cccnc1N1CCCC1)N1CC[C@@H]2CCCC[C@@H]2C1. The lowest BCUT2D eigenvalue weighted by atomic mass is 9.75. The van der Waals surface area contributed by atoms with Crippen molar-refractivity contribution < 1.29 is 4.79 Å². The number of piperidine rings is 1. The average Bonchev–Trinajstić information content (AvgIpc) is 3.15. The molecule has 0 unspecified atom stereocenters. The average molecular weight is 313 g/mol. The molecule has 23 heavy (non-hydrogen) atoms. The highest BCUT2D eigenvalue weighted by atomic mass is 16.2. The van der Waals surface area contributed by atoms with Gasteiger partial charge in [-0.2, -0.15) is 0 Å². The number of anilines is 1. The second-order valence-electron chi connectivity index (χ2n) is 7.41. The third-order valence-electron chi connectivity index (χ3n) is 6.00. The van der Waals surface area contributed by atoms with Crippen LogP contribution in [0.15, 0.2) is 18.3 Å².